The molecular formula is C16H22N2O3. The van der Waals surface area contributed by atoms with Gasteiger partial charge in [0.15, 0.2) is 0 Å². The molecule has 0 spiro atoms. The van der Waals surface area contributed by atoms with E-state index >= 15 is 0 Å². The summed E-state index contributed by atoms with van der Waals surface area (Å²) >= 11 is 0. The van der Waals surface area contributed by atoms with E-state index in [2.05, 4.69) is 5.32 Å². The van der Waals surface area contributed by atoms with Crippen LogP contribution < -0.4 is 10.1 Å². The highest BCUT2D eigenvalue weighted by atomic mass is 16.6. The summed E-state index contributed by atoms with van der Waals surface area (Å²) in [5, 5.41) is 11.5. The molecule has 5 nitrogen and oxygen atoms in total. The van der Waals surface area contributed by atoms with E-state index in [0.29, 0.717) is 11.3 Å². The fourth-order valence-corrected chi connectivity index (χ4v) is 1.51. The molecule has 0 unspecified atom stereocenters. The number of carbonyl (C=O) groups is 1. The first kappa shape index (κ1) is 16.8. The molecule has 1 amide bonds. The third-order valence-corrected chi connectivity index (χ3v) is 2.42. The molecule has 0 atom stereocenters. The van der Waals surface area contributed by atoms with E-state index < -0.39 is 17.2 Å². The minimum absolute atomic E-state index is 0.290. The van der Waals surface area contributed by atoms with Gasteiger partial charge in [-0.3, -0.25) is 0 Å². The zero-order valence-electron chi connectivity index (χ0n) is 13.2. The van der Waals surface area contributed by atoms with Gasteiger partial charge in [0, 0.05) is 0 Å². The molecule has 1 rings (SSSR count). The summed E-state index contributed by atoms with van der Waals surface area (Å²) in [6.45, 7) is 9.42. The molecule has 0 saturated carbocycles. The molecule has 0 fully saturated rings. The molecule has 0 radical (unpaired) electrons. The summed E-state index contributed by atoms with van der Waals surface area (Å²) in [4.78, 5) is 11.7. The average molecular weight is 290 g/mol. The van der Waals surface area contributed by atoms with E-state index in [1.807, 2.05) is 40.7 Å². The minimum Gasteiger partial charge on any atom is -0.491 e. The van der Waals surface area contributed by atoms with Gasteiger partial charge in [0.05, 0.1) is 17.2 Å². The Balaban J connectivity index is 2.52. The number of rotatable bonds is 4. The molecule has 114 valence electrons. The van der Waals surface area contributed by atoms with Gasteiger partial charge in [-0.15, -0.1) is 0 Å². The van der Waals surface area contributed by atoms with Gasteiger partial charge >= 0.3 is 6.09 Å². The molecule has 0 bridgehead atoms. The van der Waals surface area contributed by atoms with Crippen LogP contribution >= 0.6 is 0 Å². The lowest BCUT2D eigenvalue weighted by atomic mass is 10.1. The van der Waals surface area contributed by atoms with E-state index in [0.717, 1.165) is 0 Å². The SMILES string of the molecule is CC(C)(COc1ccc(C#N)cc1)NC(=O)OC(C)(C)C. The van der Waals surface area contributed by atoms with Gasteiger partial charge in [-0.25, -0.2) is 4.79 Å². The van der Waals surface area contributed by atoms with E-state index in [-0.39, 0.29) is 6.61 Å². The van der Waals surface area contributed by atoms with Crippen LogP contribution in [-0.2, 0) is 4.74 Å². The first-order valence-electron chi connectivity index (χ1n) is 6.75. The maximum Gasteiger partial charge on any atom is 0.408 e. The van der Waals surface area contributed by atoms with Crippen molar-refractivity contribution in [3.8, 4) is 11.8 Å². The Morgan fingerprint density at radius 3 is 2.24 bits per heavy atom. The van der Waals surface area contributed by atoms with Crippen LogP contribution in [0.25, 0.3) is 0 Å². The molecular weight excluding hydrogens is 268 g/mol. The van der Waals surface area contributed by atoms with E-state index in [1.165, 1.54) is 0 Å². The first-order valence-corrected chi connectivity index (χ1v) is 6.75. The number of carbonyl (C=O) groups excluding carboxylic acids is 1. The normalized spacial score (nSPS) is 11.4. The van der Waals surface area contributed by atoms with E-state index in [9.17, 15) is 4.79 Å². The topological polar surface area (TPSA) is 71.3 Å². The second kappa shape index (κ2) is 6.49. The summed E-state index contributed by atoms with van der Waals surface area (Å²) in [5.74, 6) is 0.646. The van der Waals surface area contributed by atoms with Crippen LogP contribution in [0.4, 0.5) is 4.79 Å². The second-order valence-electron chi connectivity index (χ2n) is 6.44. The van der Waals surface area contributed by atoms with Crippen LogP contribution in [0.2, 0.25) is 0 Å². The average Bonchev–Trinajstić information content (AvgIpc) is 2.34. The number of hydrogen-bond acceptors (Lipinski definition) is 4. The van der Waals surface area contributed by atoms with Crippen molar-refractivity contribution < 1.29 is 14.3 Å². The van der Waals surface area contributed by atoms with Crippen LogP contribution in [0.15, 0.2) is 24.3 Å². The second-order valence-corrected chi connectivity index (χ2v) is 6.44. The van der Waals surface area contributed by atoms with Crippen molar-refractivity contribution in [2.45, 2.75) is 45.8 Å². The Hall–Kier alpha value is -2.22. The minimum atomic E-state index is -0.573. The zero-order valence-corrected chi connectivity index (χ0v) is 13.2. The Kier molecular flexibility index (Phi) is 5.20. The lowest BCUT2D eigenvalue weighted by Crippen LogP contribution is -2.49. The van der Waals surface area contributed by atoms with Gasteiger partial charge in [0.25, 0.3) is 0 Å². The molecule has 1 aromatic rings. The van der Waals surface area contributed by atoms with E-state index in [4.69, 9.17) is 14.7 Å². The molecule has 0 aliphatic carbocycles. The van der Waals surface area contributed by atoms with Crippen molar-refractivity contribution >= 4 is 6.09 Å². The number of hydrogen-bond donors (Lipinski definition) is 1. The van der Waals surface area contributed by atoms with Crippen LogP contribution in [0.3, 0.4) is 0 Å². The predicted octanol–water partition coefficient (Wildman–Crippen LogP) is 3.24. The summed E-state index contributed by atoms with van der Waals surface area (Å²) in [7, 11) is 0. The number of ether oxygens (including phenoxy) is 2. The number of amides is 1. The Morgan fingerprint density at radius 1 is 1.19 bits per heavy atom. The highest BCUT2D eigenvalue weighted by molar-refractivity contribution is 5.68. The van der Waals surface area contributed by atoms with Gasteiger partial charge in [0.2, 0.25) is 0 Å². The molecule has 1 N–H and O–H groups in total. The highest BCUT2D eigenvalue weighted by Crippen LogP contribution is 2.15. The maximum absolute atomic E-state index is 11.7. The quantitative estimate of drug-likeness (QED) is 0.924. The molecule has 1 aromatic carbocycles. The molecule has 0 aliphatic heterocycles. The van der Waals surface area contributed by atoms with Crippen molar-refractivity contribution in [2.24, 2.45) is 0 Å². The Labute approximate surface area is 125 Å². The van der Waals surface area contributed by atoms with Gasteiger partial charge in [-0.2, -0.15) is 5.26 Å². The van der Waals surface area contributed by atoms with Crippen LogP contribution in [-0.4, -0.2) is 23.8 Å². The summed E-state index contributed by atoms with van der Waals surface area (Å²) in [5.41, 5.74) is -0.529. The molecule has 0 aromatic heterocycles. The fraction of sp³-hybridized carbons (Fsp3) is 0.500. The van der Waals surface area contributed by atoms with E-state index in [1.54, 1.807) is 24.3 Å². The lowest BCUT2D eigenvalue weighted by molar-refractivity contribution is 0.0441. The first-order chi connectivity index (χ1) is 9.61. The molecule has 5 heteroatoms. The number of nitriles is 1. The van der Waals surface area contributed by atoms with Crippen LogP contribution in [0.1, 0.15) is 40.2 Å². The number of nitrogens with zero attached hydrogens (tertiary/aromatic N) is 1. The third-order valence-electron chi connectivity index (χ3n) is 2.42. The van der Waals surface area contributed by atoms with Crippen LogP contribution in [0, 0.1) is 11.3 Å². The monoisotopic (exact) mass is 290 g/mol. The number of benzene rings is 1. The maximum atomic E-state index is 11.7. The Bertz CT molecular complexity index is 522. The van der Waals surface area contributed by atoms with Crippen molar-refractivity contribution in [3.05, 3.63) is 29.8 Å². The standard InChI is InChI=1S/C16H22N2O3/c1-15(2,3)21-14(19)18-16(4,5)11-20-13-8-6-12(10-17)7-9-13/h6-9H,11H2,1-5H3,(H,18,19). The molecule has 0 heterocycles. The third kappa shape index (κ3) is 6.66. The summed E-state index contributed by atoms with van der Waals surface area (Å²) in [6, 6.07) is 8.86. The molecule has 21 heavy (non-hydrogen) atoms. The van der Waals surface area contributed by atoms with Crippen LogP contribution in [0.5, 0.6) is 5.75 Å². The fourth-order valence-electron chi connectivity index (χ4n) is 1.51. The van der Waals surface area contributed by atoms with Crippen molar-refractivity contribution in [3.63, 3.8) is 0 Å². The van der Waals surface area contributed by atoms with Crippen molar-refractivity contribution in [1.82, 2.24) is 5.32 Å². The summed E-state index contributed by atoms with van der Waals surface area (Å²) in [6.07, 6.45) is -0.476. The number of alkyl carbamates (subject to hydrolysis) is 1. The zero-order chi connectivity index (χ0) is 16.1. The van der Waals surface area contributed by atoms with Gasteiger partial charge in [0.1, 0.15) is 18.0 Å². The molecule has 0 saturated heterocycles. The summed E-state index contributed by atoms with van der Waals surface area (Å²) < 4.78 is 10.8. The largest absolute Gasteiger partial charge is 0.491 e. The molecule has 0 aliphatic rings. The van der Waals surface area contributed by atoms with Gasteiger partial charge < -0.3 is 14.8 Å². The smallest absolute Gasteiger partial charge is 0.408 e. The lowest BCUT2D eigenvalue weighted by Gasteiger charge is -2.28. The highest BCUT2D eigenvalue weighted by Gasteiger charge is 2.25. The van der Waals surface area contributed by atoms with Gasteiger partial charge in [-0.1, -0.05) is 0 Å². The Morgan fingerprint density at radius 2 is 1.76 bits per heavy atom. The number of nitrogens with one attached hydrogen (secondary N) is 1. The van der Waals surface area contributed by atoms with Crippen molar-refractivity contribution in [1.29, 1.82) is 5.26 Å². The predicted molar refractivity (Wildman–Crippen MR) is 80.1 cm³/mol. The van der Waals surface area contributed by atoms with Gasteiger partial charge in [-0.05, 0) is 58.9 Å². The van der Waals surface area contributed by atoms with Crippen molar-refractivity contribution in [2.75, 3.05) is 6.61 Å².